The van der Waals surface area contributed by atoms with E-state index in [1.165, 1.54) is 38.5 Å². The number of phenolic OH excluding ortho intramolecular Hbond substituents is 1. The van der Waals surface area contributed by atoms with Crippen molar-refractivity contribution in [2.45, 2.75) is 28.5 Å². The number of nitrogens with zero attached hydrogens (tertiary/aromatic N) is 6. The van der Waals surface area contributed by atoms with E-state index in [2.05, 4.69) is 36.0 Å². The summed E-state index contributed by atoms with van der Waals surface area (Å²) in [6.45, 7) is 3.63. The first kappa shape index (κ1) is 47.3. The average Bonchev–Trinajstić information content (AvgIpc) is 3.25. The number of rotatable bonds is 12. The number of phenols is 1. The fraction of sp³-hybridized carbons (Fsp3) is 0.116. The van der Waals surface area contributed by atoms with Crippen LogP contribution in [0.25, 0.3) is 21.5 Å². The second kappa shape index (κ2) is 19.3. The van der Waals surface area contributed by atoms with Gasteiger partial charge in [0.25, 0.3) is 30.4 Å². The van der Waals surface area contributed by atoms with Crippen LogP contribution in [0.3, 0.4) is 0 Å². The minimum absolute atomic E-state index is 0.0193. The quantitative estimate of drug-likeness (QED) is 0.0563. The predicted molar refractivity (Wildman–Crippen MR) is 243 cm³/mol. The van der Waals surface area contributed by atoms with Crippen LogP contribution in [0.15, 0.2) is 161 Å². The van der Waals surface area contributed by atoms with E-state index in [1.54, 1.807) is 56.4 Å². The molecule has 0 aliphatic rings. The van der Waals surface area contributed by atoms with Crippen molar-refractivity contribution in [1.29, 1.82) is 0 Å². The van der Waals surface area contributed by atoms with Crippen molar-refractivity contribution in [3.8, 4) is 17.2 Å². The Balaban J connectivity index is 0.000000265. The standard InChI is InChI=1S/C27H26N6O8S2.C16H13NO4S/c1-15-8-23(30-28-3)25(40-4)14-22(15)32-33-24-9-16(2)21(13-26(24)41-5)31-29-18-7-6-17-10-19(42(34,35)36)12-27(20(17)11-18)43(37,38)39;18-16-10-14(22(19,20)21)9-11-8-13(6-7-15(11)16)17-12-4-2-1-3-5-12/h6-14H,1-5H3,(H,34,35,36)(H,37,38,39);1-10,17-18H,(H,19,20,21). The second-order valence-electron chi connectivity index (χ2n) is 13.9. The first-order chi connectivity index (χ1) is 30.7. The first-order valence-electron chi connectivity index (χ1n) is 18.8. The highest BCUT2D eigenvalue weighted by Gasteiger charge is 2.21. The monoisotopic (exact) mass is 941 g/mol. The number of hydrogen-bond acceptors (Lipinski definition) is 16. The number of aromatic hydroxyl groups is 1. The maximum Gasteiger partial charge on any atom is 0.295 e. The van der Waals surface area contributed by atoms with Crippen LogP contribution in [0, 0.1) is 13.8 Å². The van der Waals surface area contributed by atoms with E-state index in [-0.39, 0.29) is 27.1 Å². The number of hydrogen-bond donors (Lipinski definition) is 5. The van der Waals surface area contributed by atoms with Gasteiger partial charge < -0.3 is 19.9 Å². The number of aryl methyl sites for hydroxylation is 2. The fourth-order valence-electron chi connectivity index (χ4n) is 6.30. The number of nitrogens with one attached hydrogen (secondary N) is 1. The van der Waals surface area contributed by atoms with Gasteiger partial charge in [-0.3, -0.25) is 13.7 Å². The Morgan fingerprint density at radius 3 is 1.63 bits per heavy atom. The summed E-state index contributed by atoms with van der Waals surface area (Å²) in [7, 11) is -9.41. The van der Waals surface area contributed by atoms with Crippen LogP contribution in [0.2, 0.25) is 0 Å². The largest absolute Gasteiger partial charge is 0.507 e. The number of para-hydroxylation sites is 1. The smallest absolute Gasteiger partial charge is 0.295 e. The van der Waals surface area contributed by atoms with E-state index >= 15 is 0 Å². The summed E-state index contributed by atoms with van der Waals surface area (Å²) in [4.78, 5) is -1.73. The third kappa shape index (κ3) is 11.5. The van der Waals surface area contributed by atoms with Gasteiger partial charge in [0, 0.05) is 47.4 Å². The normalized spacial score (nSPS) is 12.2. The molecule has 7 aromatic carbocycles. The Labute approximate surface area is 373 Å². The molecular weight excluding hydrogens is 903 g/mol. The molecule has 7 aromatic rings. The van der Waals surface area contributed by atoms with Crippen LogP contribution < -0.4 is 14.8 Å². The van der Waals surface area contributed by atoms with Crippen LogP contribution in [0.1, 0.15) is 11.1 Å². The van der Waals surface area contributed by atoms with Crippen molar-refractivity contribution < 1.29 is 53.5 Å². The molecule has 22 heteroatoms. The van der Waals surface area contributed by atoms with E-state index in [0.717, 1.165) is 29.1 Å². The maximum absolute atomic E-state index is 12.0. The van der Waals surface area contributed by atoms with E-state index in [9.17, 15) is 39.5 Å². The highest BCUT2D eigenvalue weighted by molar-refractivity contribution is 7.87. The molecule has 0 saturated heterocycles. The molecule has 7 rings (SSSR count). The van der Waals surface area contributed by atoms with Gasteiger partial charge in [0.2, 0.25) is 0 Å². The van der Waals surface area contributed by atoms with Gasteiger partial charge >= 0.3 is 0 Å². The summed E-state index contributed by atoms with van der Waals surface area (Å²) in [5, 5.41) is 39.2. The van der Waals surface area contributed by atoms with Crippen molar-refractivity contribution in [3.05, 3.63) is 126 Å². The lowest BCUT2D eigenvalue weighted by molar-refractivity contribution is 0.415. The van der Waals surface area contributed by atoms with Crippen LogP contribution in [-0.2, 0) is 30.4 Å². The molecule has 0 amide bonds. The lowest BCUT2D eigenvalue weighted by Gasteiger charge is -2.09. The molecule has 0 bridgehead atoms. The van der Waals surface area contributed by atoms with Crippen LogP contribution in [-0.4, -0.2) is 65.3 Å². The number of azo groups is 3. The molecule has 0 fully saturated rings. The molecule has 5 N–H and O–H groups in total. The molecule has 0 spiro atoms. The topological polar surface area (TPSA) is 288 Å². The summed E-state index contributed by atoms with van der Waals surface area (Å²) in [6, 6.07) is 29.7. The molecule has 0 heterocycles. The summed E-state index contributed by atoms with van der Waals surface area (Å²) in [6.07, 6.45) is 0. The summed E-state index contributed by atoms with van der Waals surface area (Å²) < 4.78 is 109. The molecule has 0 aliphatic heterocycles. The number of benzene rings is 7. The summed E-state index contributed by atoms with van der Waals surface area (Å²) in [5.41, 5.74) is 5.26. The van der Waals surface area contributed by atoms with Crippen molar-refractivity contribution in [3.63, 3.8) is 0 Å². The zero-order chi connectivity index (χ0) is 47.3. The van der Waals surface area contributed by atoms with Crippen LogP contribution >= 0.6 is 0 Å². The molecule has 19 nitrogen and oxygen atoms in total. The summed E-state index contributed by atoms with van der Waals surface area (Å²) in [5.74, 6) is 0.644. The van der Waals surface area contributed by atoms with Crippen molar-refractivity contribution in [2.75, 3.05) is 26.6 Å². The SMILES string of the molecule is CN=Nc1cc(C)c(N=Nc2cc(C)c(N=Nc3ccc4cc(S(=O)(=O)O)cc(S(=O)(=O)O)c4c3)cc2OC)cc1OC.O=S(=O)(O)c1cc(O)c2ccc(Nc3ccccc3)cc2c1. The van der Waals surface area contributed by atoms with Gasteiger partial charge in [-0.2, -0.15) is 50.8 Å². The average molecular weight is 942 g/mol. The van der Waals surface area contributed by atoms with Crippen LogP contribution in [0.4, 0.5) is 39.8 Å². The zero-order valence-electron chi connectivity index (χ0n) is 34.9. The van der Waals surface area contributed by atoms with Gasteiger partial charge in [-0.05, 0) is 109 Å². The third-order valence-corrected chi connectivity index (χ3v) is 12.0. The number of fused-ring (bicyclic) bond motifs is 2. The minimum atomic E-state index is -4.85. The zero-order valence-corrected chi connectivity index (χ0v) is 37.4. The lowest BCUT2D eigenvalue weighted by atomic mass is 10.1. The van der Waals surface area contributed by atoms with E-state index in [0.29, 0.717) is 56.7 Å². The van der Waals surface area contributed by atoms with Gasteiger partial charge in [-0.1, -0.05) is 24.3 Å². The van der Waals surface area contributed by atoms with Crippen molar-refractivity contribution >= 4 is 91.7 Å². The van der Waals surface area contributed by atoms with E-state index < -0.39 is 40.1 Å². The molecule has 0 aromatic heterocycles. The Hall–Kier alpha value is -7.21. The summed E-state index contributed by atoms with van der Waals surface area (Å²) >= 11 is 0. The predicted octanol–water partition coefficient (Wildman–Crippen LogP) is 11.0. The van der Waals surface area contributed by atoms with Gasteiger partial charge in [-0.15, -0.1) is 5.11 Å². The Morgan fingerprint density at radius 2 is 1.06 bits per heavy atom. The molecular formula is C43H39N7O12S3. The highest BCUT2D eigenvalue weighted by Crippen LogP contribution is 2.40. The van der Waals surface area contributed by atoms with Crippen molar-refractivity contribution in [2.24, 2.45) is 30.7 Å². The molecule has 0 aliphatic carbocycles. The van der Waals surface area contributed by atoms with Gasteiger partial charge in [-0.25, -0.2) is 0 Å². The molecule has 65 heavy (non-hydrogen) atoms. The first-order valence-corrected chi connectivity index (χ1v) is 23.1. The molecule has 0 unspecified atom stereocenters. The maximum atomic E-state index is 12.0. The second-order valence-corrected chi connectivity index (χ2v) is 18.2. The van der Waals surface area contributed by atoms with Gasteiger partial charge in [0.15, 0.2) is 0 Å². The van der Waals surface area contributed by atoms with Crippen LogP contribution in [0.5, 0.6) is 17.2 Å². The third-order valence-electron chi connectivity index (χ3n) is 9.46. The lowest BCUT2D eigenvalue weighted by Crippen LogP contribution is -2.04. The number of ether oxygens (including phenoxy) is 2. The molecule has 0 saturated carbocycles. The Bertz CT molecular complexity index is 3400. The fourth-order valence-corrected chi connectivity index (χ4v) is 8.18. The van der Waals surface area contributed by atoms with E-state index in [1.807, 2.05) is 37.3 Å². The highest BCUT2D eigenvalue weighted by atomic mass is 32.2. The number of anilines is 2. The Morgan fingerprint density at radius 1 is 0.508 bits per heavy atom. The molecule has 336 valence electrons. The van der Waals surface area contributed by atoms with E-state index in [4.69, 9.17) is 14.0 Å². The van der Waals surface area contributed by atoms with Gasteiger partial charge in [0.1, 0.15) is 33.5 Å². The molecule has 0 atom stereocenters. The van der Waals surface area contributed by atoms with Crippen molar-refractivity contribution in [1.82, 2.24) is 0 Å². The van der Waals surface area contributed by atoms with Gasteiger partial charge in [0.05, 0.1) is 41.1 Å². The Kier molecular flexibility index (Phi) is 14.0. The minimum Gasteiger partial charge on any atom is -0.507 e. The molecule has 0 radical (unpaired) electrons. The number of methoxy groups -OCH3 is 2.